The van der Waals surface area contributed by atoms with Crippen molar-refractivity contribution in [3.63, 3.8) is 0 Å². The van der Waals surface area contributed by atoms with Gasteiger partial charge in [-0.15, -0.1) is 0 Å². The molecule has 0 radical (unpaired) electrons. The average molecular weight is 632 g/mol. The molecule has 0 aromatic heterocycles. The van der Waals surface area contributed by atoms with E-state index in [2.05, 4.69) is 26.6 Å². The van der Waals surface area contributed by atoms with Crippen molar-refractivity contribution in [3.8, 4) is 0 Å². The lowest BCUT2D eigenvalue weighted by molar-refractivity contribution is -0.137. The van der Waals surface area contributed by atoms with E-state index < -0.39 is 78.8 Å². The minimum absolute atomic E-state index is 0. The molecule has 44 heavy (non-hydrogen) atoms. The van der Waals surface area contributed by atoms with Crippen LogP contribution in [0.1, 0.15) is 100 Å². The second kappa shape index (κ2) is 23.2. The van der Waals surface area contributed by atoms with Gasteiger partial charge in [0.2, 0.25) is 29.5 Å². The highest BCUT2D eigenvalue weighted by Crippen LogP contribution is 2.14. The predicted octanol–water partition coefficient (Wildman–Crippen LogP) is 0.588. The summed E-state index contributed by atoms with van der Waals surface area (Å²) in [6.45, 7) is 10.6. The molecular formula is C30H57N5O9. The van der Waals surface area contributed by atoms with Gasteiger partial charge in [-0.3, -0.25) is 28.8 Å². The van der Waals surface area contributed by atoms with Crippen LogP contribution in [0.2, 0.25) is 0 Å². The summed E-state index contributed by atoms with van der Waals surface area (Å²) in [5.74, 6) is -4.11. The van der Waals surface area contributed by atoms with Crippen molar-refractivity contribution in [2.45, 2.75) is 131 Å². The van der Waals surface area contributed by atoms with Crippen LogP contribution in [0.3, 0.4) is 0 Å². The van der Waals surface area contributed by atoms with Crippen LogP contribution in [-0.4, -0.2) is 94.2 Å². The number of carbonyl (C=O) groups excluding carboxylic acids is 5. The van der Waals surface area contributed by atoms with E-state index in [9.17, 15) is 39.0 Å². The van der Waals surface area contributed by atoms with Crippen LogP contribution in [0, 0.1) is 11.8 Å². The molecule has 0 aliphatic rings. The van der Waals surface area contributed by atoms with Gasteiger partial charge in [0.15, 0.2) is 0 Å². The van der Waals surface area contributed by atoms with Gasteiger partial charge in [0, 0.05) is 19.4 Å². The standard InChI is InChI=1S/C29H53N5O9.CH4/c1-7-11-19(32-29(43)26(18(6)8-2)34-23(37)12-10-13-25(39)40)28(42)33-20(14-17(4)5)22(36)15-24(38)31-21(16-35)27(41)30-9-3;/h17-22,26,35-36H,7-16H2,1-6H3,(H,30,41)(H,31,38)(H,32,43)(H,33,42)(H,34,37)(H,39,40);1H4/t18-,19-,20-,21-,22-,26-;/m0./s1. The molecule has 0 spiro atoms. The number of hydrogen-bond donors (Lipinski definition) is 8. The van der Waals surface area contributed by atoms with Gasteiger partial charge in [-0.05, 0) is 38.0 Å². The van der Waals surface area contributed by atoms with Crippen LogP contribution in [0.15, 0.2) is 0 Å². The van der Waals surface area contributed by atoms with Crippen molar-refractivity contribution in [2.24, 2.45) is 11.8 Å². The molecule has 0 bridgehead atoms. The Morgan fingerprint density at radius 3 is 1.91 bits per heavy atom. The minimum Gasteiger partial charge on any atom is -0.481 e. The molecule has 0 heterocycles. The van der Waals surface area contributed by atoms with E-state index in [0.717, 1.165) is 0 Å². The maximum absolute atomic E-state index is 13.4. The Morgan fingerprint density at radius 2 is 1.41 bits per heavy atom. The average Bonchev–Trinajstić information content (AvgIpc) is 2.92. The first-order valence-electron chi connectivity index (χ1n) is 15.2. The molecule has 8 N–H and O–H groups in total. The fourth-order valence-electron chi connectivity index (χ4n) is 4.35. The van der Waals surface area contributed by atoms with Crippen LogP contribution in [0.4, 0.5) is 0 Å². The number of carboxylic acids is 1. The summed E-state index contributed by atoms with van der Waals surface area (Å²) in [7, 11) is 0. The van der Waals surface area contributed by atoms with Gasteiger partial charge in [0.1, 0.15) is 18.1 Å². The monoisotopic (exact) mass is 631 g/mol. The Morgan fingerprint density at radius 1 is 0.773 bits per heavy atom. The summed E-state index contributed by atoms with van der Waals surface area (Å²) in [5, 5.41) is 42.2. The second-order valence-electron chi connectivity index (χ2n) is 11.2. The highest BCUT2D eigenvalue weighted by atomic mass is 16.4. The van der Waals surface area contributed by atoms with Crippen molar-refractivity contribution in [3.05, 3.63) is 0 Å². The van der Waals surface area contributed by atoms with Crippen LogP contribution >= 0.6 is 0 Å². The van der Waals surface area contributed by atoms with E-state index in [1.54, 1.807) is 13.8 Å². The van der Waals surface area contributed by atoms with E-state index >= 15 is 0 Å². The molecular weight excluding hydrogens is 574 g/mol. The van der Waals surface area contributed by atoms with Gasteiger partial charge in [0.05, 0.1) is 25.2 Å². The molecule has 256 valence electrons. The van der Waals surface area contributed by atoms with E-state index in [4.69, 9.17) is 5.11 Å². The largest absolute Gasteiger partial charge is 0.481 e. The highest BCUT2D eigenvalue weighted by Gasteiger charge is 2.32. The third-order valence-electron chi connectivity index (χ3n) is 6.91. The molecule has 0 fully saturated rings. The first-order valence-corrected chi connectivity index (χ1v) is 15.2. The molecule has 14 heteroatoms. The number of aliphatic carboxylic acids is 1. The Balaban J connectivity index is 0. The minimum atomic E-state index is -1.32. The summed E-state index contributed by atoms with van der Waals surface area (Å²) in [6.07, 6.45) is -0.193. The third kappa shape index (κ3) is 17.1. The molecule has 0 unspecified atom stereocenters. The quantitative estimate of drug-likeness (QED) is 0.0836. The number of aliphatic hydroxyl groups is 2. The molecule has 0 saturated heterocycles. The van der Waals surface area contributed by atoms with Crippen molar-refractivity contribution < 1.29 is 44.1 Å². The maximum atomic E-state index is 13.4. The van der Waals surface area contributed by atoms with Crippen molar-refractivity contribution in [1.82, 2.24) is 26.6 Å². The Labute approximate surface area is 261 Å². The first-order chi connectivity index (χ1) is 20.2. The van der Waals surface area contributed by atoms with E-state index in [1.807, 2.05) is 27.7 Å². The number of carbonyl (C=O) groups is 6. The Bertz CT molecular complexity index is 915. The van der Waals surface area contributed by atoms with E-state index in [1.165, 1.54) is 0 Å². The molecule has 0 aliphatic heterocycles. The number of carboxylic acid groups (broad SMARTS) is 1. The van der Waals surface area contributed by atoms with Gasteiger partial charge < -0.3 is 41.9 Å². The summed E-state index contributed by atoms with van der Waals surface area (Å²) >= 11 is 0. The number of aliphatic hydroxyl groups excluding tert-OH is 2. The number of likely N-dealkylation sites (N-methyl/N-ethyl adjacent to an activating group) is 1. The summed E-state index contributed by atoms with van der Waals surface area (Å²) in [6, 6.07) is -3.97. The van der Waals surface area contributed by atoms with E-state index in [0.29, 0.717) is 25.8 Å². The van der Waals surface area contributed by atoms with Gasteiger partial charge in [-0.1, -0.05) is 54.9 Å². The summed E-state index contributed by atoms with van der Waals surface area (Å²) in [5.41, 5.74) is 0. The number of rotatable bonds is 22. The zero-order valence-electron chi connectivity index (χ0n) is 26.4. The fourth-order valence-corrected chi connectivity index (χ4v) is 4.35. The lowest BCUT2D eigenvalue weighted by atomic mass is 9.95. The number of nitrogens with one attached hydrogen (secondary N) is 5. The van der Waals surface area contributed by atoms with E-state index in [-0.39, 0.29) is 44.9 Å². The Kier molecular flexibility index (Phi) is 22.6. The zero-order valence-corrected chi connectivity index (χ0v) is 26.4. The molecule has 5 amide bonds. The molecule has 0 aromatic carbocycles. The van der Waals surface area contributed by atoms with Crippen molar-refractivity contribution >= 4 is 35.5 Å². The van der Waals surface area contributed by atoms with Crippen molar-refractivity contribution in [1.29, 1.82) is 0 Å². The van der Waals surface area contributed by atoms with Gasteiger partial charge in [0.25, 0.3) is 0 Å². The molecule has 0 saturated carbocycles. The molecule has 6 atom stereocenters. The highest BCUT2D eigenvalue weighted by molar-refractivity contribution is 5.92. The molecule has 0 aliphatic carbocycles. The lowest BCUT2D eigenvalue weighted by Crippen LogP contribution is -2.57. The molecule has 0 aromatic rings. The van der Waals surface area contributed by atoms with Crippen LogP contribution < -0.4 is 26.6 Å². The third-order valence-corrected chi connectivity index (χ3v) is 6.91. The van der Waals surface area contributed by atoms with Gasteiger partial charge in [-0.25, -0.2) is 0 Å². The normalized spacial score (nSPS) is 14.9. The van der Waals surface area contributed by atoms with Gasteiger partial charge >= 0.3 is 5.97 Å². The Hall–Kier alpha value is -3.26. The van der Waals surface area contributed by atoms with Gasteiger partial charge in [-0.2, -0.15) is 0 Å². The van der Waals surface area contributed by atoms with Crippen molar-refractivity contribution in [2.75, 3.05) is 13.2 Å². The molecule has 14 nitrogen and oxygen atoms in total. The first kappa shape index (κ1) is 42.9. The zero-order chi connectivity index (χ0) is 33.1. The lowest BCUT2D eigenvalue weighted by Gasteiger charge is -2.30. The van der Waals surface area contributed by atoms with Crippen LogP contribution in [0.25, 0.3) is 0 Å². The summed E-state index contributed by atoms with van der Waals surface area (Å²) < 4.78 is 0. The topological polar surface area (TPSA) is 223 Å². The summed E-state index contributed by atoms with van der Waals surface area (Å²) in [4.78, 5) is 74.3. The number of hydrogen-bond acceptors (Lipinski definition) is 8. The maximum Gasteiger partial charge on any atom is 0.303 e. The smallest absolute Gasteiger partial charge is 0.303 e. The van der Waals surface area contributed by atoms with Crippen LogP contribution in [0.5, 0.6) is 0 Å². The fraction of sp³-hybridized carbons (Fsp3) is 0.800. The number of amides is 5. The van der Waals surface area contributed by atoms with Crippen LogP contribution in [-0.2, 0) is 28.8 Å². The second-order valence-corrected chi connectivity index (χ2v) is 11.2. The molecule has 0 rings (SSSR count). The predicted molar refractivity (Wildman–Crippen MR) is 166 cm³/mol. The SMILES string of the molecule is C.CCC[C@H](NC(=O)[C@@H](NC(=O)CCCC(=O)O)[C@@H](C)CC)C(=O)N[C@@H](CC(C)C)[C@@H](O)CC(=O)N[C@@H](CO)C(=O)NCC.